The van der Waals surface area contributed by atoms with E-state index in [-0.39, 0.29) is 10.7 Å². The lowest BCUT2D eigenvalue weighted by Gasteiger charge is -2.09. The molecule has 1 N–H and O–H groups in total. The van der Waals surface area contributed by atoms with Crippen molar-refractivity contribution in [3.8, 4) is 5.75 Å². The Hall–Kier alpha value is -2.93. The Labute approximate surface area is 148 Å². The quantitative estimate of drug-likeness (QED) is 0.531. The van der Waals surface area contributed by atoms with Gasteiger partial charge in [0.15, 0.2) is 0 Å². The highest BCUT2D eigenvalue weighted by Crippen LogP contribution is 2.31. The summed E-state index contributed by atoms with van der Waals surface area (Å²) in [4.78, 5) is 18.9. The molecule has 0 unspecified atom stereocenters. The smallest absolute Gasteiger partial charge is 0.288 e. The molecule has 0 spiro atoms. The Kier molecular flexibility index (Phi) is 4.95. The molecule has 128 valence electrons. The maximum atomic E-state index is 11.1. The van der Waals surface area contributed by atoms with Gasteiger partial charge in [0, 0.05) is 18.0 Å². The second kappa shape index (κ2) is 7.31. The Bertz CT molecular complexity index is 916. The number of halogens is 1. The predicted octanol–water partition coefficient (Wildman–Crippen LogP) is 3.85. The Morgan fingerprint density at radius 2 is 2.00 bits per heavy atom. The molecule has 0 saturated carbocycles. The molecule has 1 heterocycles. The number of methoxy groups -OCH3 is 1. The second-order valence-corrected chi connectivity index (χ2v) is 5.73. The highest BCUT2D eigenvalue weighted by Gasteiger charge is 2.16. The van der Waals surface area contributed by atoms with Crippen molar-refractivity contribution < 1.29 is 9.66 Å². The third kappa shape index (κ3) is 3.77. The summed E-state index contributed by atoms with van der Waals surface area (Å²) < 4.78 is 5.13. The molecule has 0 aliphatic heterocycles. The van der Waals surface area contributed by atoms with Gasteiger partial charge in [0.2, 0.25) is 0 Å². The summed E-state index contributed by atoms with van der Waals surface area (Å²) in [6, 6.07) is 10.7. The van der Waals surface area contributed by atoms with Gasteiger partial charge in [0.1, 0.15) is 22.9 Å². The Morgan fingerprint density at radius 3 is 2.68 bits per heavy atom. The monoisotopic (exact) mass is 358 g/mol. The minimum absolute atomic E-state index is 0.0559. The summed E-state index contributed by atoms with van der Waals surface area (Å²) in [6.07, 6.45) is 2.17. The molecule has 25 heavy (non-hydrogen) atoms. The summed E-state index contributed by atoms with van der Waals surface area (Å²) in [6.45, 7) is 0.620. The van der Waals surface area contributed by atoms with Crippen LogP contribution in [-0.4, -0.2) is 28.5 Å². The Morgan fingerprint density at radius 1 is 1.24 bits per heavy atom. The molecule has 8 heteroatoms. The summed E-state index contributed by atoms with van der Waals surface area (Å²) in [5.41, 5.74) is 1.53. The summed E-state index contributed by atoms with van der Waals surface area (Å²) in [7, 11) is 1.63. The van der Waals surface area contributed by atoms with E-state index in [2.05, 4.69) is 15.3 Å². The van der Waals surface area contributed by atoms with Crippen LogP contribution in [0.2, 0.25) is 5.02 Å². The number of ether oxygens (including phenoxy) is 1. The van der Waals surface area contributed by atoms with Crippen LogP contribution < -0.4 is 10.1 Å². The number of nitro groups is 1. The standard InChI is InChI=1S/C17H15ClN4O3/c1-25-12-4-2-11(3-5-12)6-7-19-17-13-8-16(22(23)24)14(18)9-15(13)20-10-21-17/h2-5,8-10H,6-7H2,1H3,(H,19,20,21). The third-order valence-corrected chi connectivity index (χ3v) is 4.07. The van der Waals surface area contributed by atoms with Gasteiger partial charge in [-0.3, -0.25) is 10.1 Å². The van der Waals surface area contributed by atoms with Crippen molar-refractivity contribution in [2.75, 3.05) is 19.0 Å². The summed E-state index contributed by atoms with van der Waals surface area (Å²) in [5.74, 6) is 1.35. The van der Waals surface area contributed by atoms with E-state index < -0.39 is 4.92 Å². The number of benzene rings is 2. The van der Waals surface area contributed by atoms with Crippen molar-refractivity contribution in [3.63, 3.8) is 0 Å². The highest BCUT2D eigenvalue weighted by molar-refractivity contribution is 6.33. The molecule has 0 saturated heterocycles. The zero-order chi connectivity index (χ0) is 17.8. The van der Waals surface area contributed by atoms with E-state index in [9.17, 15) is 10.1 Å². The van der Waals surface area contributed by atoms with E-state index in [0.717, 1.165) is 17.7 Å². The number of nitrogens with one attached hydrogen (secondary N) is 1. The summed E-state index contributed by atoms with van der Waals surface area (Å²) in [5, 5.41) is 14.9. The van der Waals surface area contributed by atoms with Gasteiger partial charge in [-0.25, -0.2) is 9.97 Å². The number of anilines is 1. The number of aromatic nitrogens is 2. The largest absolute Gasteiger partial charge is 0.497 e. The Balaban J connectivity index is 1.78. The minimum atomic E-state index is -0.518. The van der Waals surface area contributed by atoms with Gasteiger partial charge in [-0.15, -0.1) is 0 Å². The van der Waals surface area contributed by atoms with Crippen molar-refractivity contribution >= 4 is 34.0 Å². The molecular formula is C17H15ClN4O3. The lowest BCUT2D eigenvalue weighted by molar-refractivity contribution is -0.384. The molecule has 0 radical (unpaired) electrons. The van der Waals surface area contributed by atoms with Crippen LogP contribution in [0.4, 0.5) is 11.5 Å². The van der Waals surface area contributed by atoms with Crippen molar-refractivity contribution in [1.82, 2.24) is 9.97 Å². The van der Waals surface area contributed by atoms with Crippen LogP contribution in [0.25, 0.3) is 10.9 Å². The SMILES string of the molecule is COc1ccc(CCNc2ncnc3cc(Cl)c([N+](=O)[O-])cc23)cc1. The van der Waals surface area contributed by atoms with Gasteiger partial charge in [-0.2, -0.15) is 0 Å². The van der Waals surface area contributed by atoms with E-state index in [0.29, 0.717) is 23.3 Å². The van der Waals surface area contributed by atoms with Crippen molar-refractivity contribution in [2.24, 2.45) is 0 Å². The van der Waals surface area contributed by atoms with Crippen molar-refractivity contribution in [3.05, 3.63) is 63.4 Å². The molecule has 3 rings (SSSR count). The molecule has 2 aromatic carbocycles. The molecule has 0 fully saturated rings. The van der Waals surface area contributed by atoms with Crippen molar-refractivity contribution in [2.45, 2.75) is 6.42 Å². The normalized spacial score (nSPS) is 10.6. The average molecular weight is 359 g/mol. The zero-order valence-electron chi connectivity index (χ0n) is 13.4. The lowest BCUT2D eigenvalue weighted by Crippen LogP contribution is -2.07. The topological polar surface area (TPSA) is 90.2 Å². The van der Waals surface area contributed by atoms with Gasteiger partial charge in [-0.1, -0.05) is 23.7 Å². The van der Waals surface area contributed by atoms with Gasteiger partial charge < -0.3 is 10.1 Å². The zero-order valence-corrected chi connectivity index (χ0v) is 14.2. The first-order chi connectivity index (χ1) is 12.1. The minimum Gasteiger partial charge on any atom is -0.497 e. The fraction of sp³-hybridized carbons (Fsp3) is 0.176. The van der Waals surface area contributed by atoms with Crippen molar-refractivity contribution in [1.29, 1.82) is 0 Å². The van der Waals surface area contributed by atoms with E-state index in [1.54, 1.807) is 7.11 Å². The number of hydrogen-bond acceptors (Lipinski definition) is 6. The van der Waals surface area contributed by atoms with Gasteiger partial charge >= 0.3 is 0 Å². The molecule has 7 nitrogen and oxygen atoms in total. The van der Waals surface area contributed by atoms with E-state index in [1.807, 2.05) is 24.3 Å². The number of nitro benzene ring substituents is 1. The molecule has 0 atom stereocenters. The van der Waals surface area contributed by atoms with E-state index in [1.165, 1.54) is 18.5 Å². The maximum Gasteiger partial charge on any atom is 0.288 e. The second-order valence-electron chi connectivity index (χ2n) is 5.33. The van der Waals surface area contributed by atoms with Gasteiger partial charge in [-0.05, 0) is 30.2 Å². The van der Waals surface area contributed by atoms with Crippen LogP contribution in [-0.2, 0) is 6.42 Å². The molecule has 0 amide bonds. The third-order valence-electron chi connectivity index (χ3n) is 3.77. The first-order valence-electron chi connectivity index (χ1n) is 7.54. The van der Waals surface area contributed by atoms with Crippen LogP contribution in [0, 0.1) is 10.1 Å². The van der Waals surface area contributed by atoms with Crippen LogP contribution >= 0.6 is 11.6 Å². The van der Waals surface area contributed by atoms with Crippen LogP contribution in [0.5, 0.6) is 5.75 Å². The number of hydrogen-bond donors (Lipinski definition) is 1. The first-order valence-corrected chi connectivity index (χ1v) is 7.91. The van der Waals surface area contributed by atoms with Gasteiger partial charge in [0.25, 0.3) is 5.69 Å². The summed E-state index contributed by atoms with van der Waals surface area (Å²) >= 11 is 5.93. The fourth-order valence-corrected chi connectivity index (χ4v) is 2.69. The van der Waals surface area contributed by atoms with E-state index >= 15 is 0 Å². The van der Waals surface area contributed by atoms with Crippen LogP contribution in [0.15, 0.2) is 42.7 Å². The number of nitrogens with zero attached hydrogens (tertiary/aromatic N) is 3. The molecule has 0 aliphatic rings. The van der Waals surface area contributed by atoms with Gasteiger partial charge in [0.05, 0.1) is 17.5 Å². The van der Waals surface area contributed by atoms with Crippen LogP contribution in [0.3, 0.4) is 0 Å². The molecule has 3 aromatic rings. The average Bonchev–Trinajstić information content (AvgIpc) is 2.61. The molecule has 0 bridgehead atoms. The lowest BCUT2D eigenvalue weighted by atomic mass is 10.1. The highest BCUT2D eigenvalue weighted by atomic mass is 35.5. The van der Waals surface area contributed by atoms with Crippen LogP contribution in [0.1, 0.15) is 5.56 Å². The van der Waals surface area contributed by atoms with E-state index in [4.69, 9.17) is 16.3 Å². The predicted molar refractivity (Wildman–Crippen MR) is 96.4 cm³/mol. The molecule has 1 aromatic heterocycles. The fourth-order valence-electron chi connectivity index (χ4n) is 2.46. The number of rotatable bonds is 6. The first kappa shape index (κ1) is 16.9. The maximum absolute atomic E-state index is 11.1. The molecular weight excluding hydrogens is 344 g/mol. The number of fused-ring (bicyclic) bond motifs is 1. The molecule has 0 aliphatic carbocycles.